The van der Waals surface area contributed by atoms with E-state index in [1.54, 1.807) is 7.05 Å². The quantitative estimate of drug-likeness (QED) is 0.654. The van der Waals surface area contributed by atoms with Gasteiger partial charge in [-0.05, 0) is 20.9 Å². The fraction of sp³-hybridized carbons (Fsp3) is 0.833. The van der Waals surface area contributed by atoms with Crippen molar-refractivity contribution in [3.8, 4) is 0 Å². The maximum atomic E-state index is 11.8. The van der Waals surface area contributed by atoms with E-state index in [9.17, 15) is 9.59 Å². The van der Waals surface area contributed by atoms with Crippen LogP contribution < -0.4 is 5.32 Å². The summed E-state index contributed by atoms with van der Waals surface area (Å²) in [6, 6.07) is 0.0914. The standard InChI is InChI=1S/C12H25N3O2S/c1-9(2)13-11(16)7-15(5)12(17)8-14(4)6-10(3)18/h9-10,18H,6-8H2,1-5H3,(H,13,16)/t10-/m0/s1. The molecular formula is C12H25N3O2S. The summed E-state index contributed by atoms with van der Waals surface area (Å²) in [6.45, 7) is 6.89. The zero-order valence-corrected chi connectivity index (χ0v) is 12.8. The Kier molecular flexibility index (Phi) is 8.02. The first-order valence-corrected chi connectivity index (χ1v) is 6.64. The minimum absolute atomic E-state index is 0.0645. The van der Waals surface area contributed by atoms with Gasteiger partial charge < -0.3 is 10.2 Å². The number of nitrogens with zero attached hydrogens (tertiary/aromatic N) is 2. The summed E-state index contributed by atoms with van der Waals surface area (Å²) in [7, 11) is 3.51. The molecule has 0 aromatic rings. The highest BCUT2D eigenvalue weighted by Crippen LogP contribution is 1.97. The number of carbonyl (C=O) groups is 2. The van der Waals surface area contributed by atoms with Crippen LogP contribution in [0.1, 0.15) is 20.8 Å². The van der Waals surface area contributed by atoms with Gasteiger partial charge in [0.25, 0.3) is 0 Å². The Balaban J connectivity index is 4.06. The molecule has 0 rings (SSSR count). The molecule has 18 heavy (non-hydrogen) atoms. The van der Waals surface area contributed by atoms with Crippen LogP contribution in [0.5, 0.6) is 0 Å². The minimum Gasteiger partial charge on any atom is -0.352 e. The van der Waals surface area contributed by atoms with Crippen LogP contribution in [0.25, 0.3) is 0 Å². The van der Waals surface area contributed by atoms with Gasteiger partial charge in [0.05, 0.1) is 13.1 Å². The van der Waals surface area contributed by atoms with Crippen molar-refractivity contribution >= 4 is 24.4 Å². The molecule has 0 aromatic heterocycles. The van der Waals surface area contributed by atoms with Crippen molar-refractivity contribution in [1.82, 2.24) is 15.1 Å². The predicted molar refractivity (Wildman–Crippen MR) is 76.9 cm³/mol. The lowest BCUT2D eigenvalue weighted by molar-refractivity contribution is -0.135. The van der Waals surface area contributed by atoms with Crippen LogP contribution in [0.15, 0.2) is 0 Å². The molecule has 0 spiro atoms. The molecule has 0 saturated heterocycles. The van der Waals surface area contributed by atoms with Crippen molar-refractivity contribution in [3.05, 3.63) is 0 Å². The van der Waals surface area contributed by atoms with Crippen molar-refractivity contribution in [1.29, 1.82) is 0 Å². The van der Waals surface area contributed by atoms with Gasteiger partial charge in [-0.25, -0.2) is 0 Å². The normalized spacial score (nSPS) is 12.7. The van der Waals surface area contributed by atoms with Crippen LogP contribution in [0, 0.1) is 0 Å². The number of amides is 2. The van der Waals surface area contributed by atoms with Crippen LogP contribution in [0.3, 0.4) is 0 Å². The molecule has 0 unspecified atom stereocenters. The summed E-state index contributed by atoms with van der Waals surface area (Å²) < 4.78 is 0. The second-order valence-electron chi connectivity index (χ2n) is 5.02. The summed E-state index contributed by atoms with van der Waals surface area (Å²) in [5.74, 6) is -0.198. The molecule has 0 heterocycles. The third-order valence-corrected chi connectivity index (χ3v) is 2.40. The molecule has 0 fully saturated rings. The molecule has 0 aromatic carbocycles. The Morgan fingerprint density at radius 1 is 1.17 bits per heavy atom. The Hall–Kier alpha value is -0.750. The maximum absolute atomic E-state index is 11.8. The average Bonchev–Trinajstić information content (AvgIpc) is 2.13. The molecule has 0 saturated carbocycles. The third kappa shape index (κ3) is 8.36. The van der Waals surface area contributed by atoms with E-state index >= 15 is 0 Å². The second-order valence-corrected chi connectivity index (χ2v) is 5.90. The molecular weight excluding hydrogens is 250 g/mol. The zero-order chi connectivity index (χ0) is 14.3. The van der Waals surface area contributed by atoms with E-state index in [-0.39, 0.29) is 29.7 Å². The Morgan fingerprint density at radius 3 is 2.17 bits per heavy atom. The van der Waals surface area contributed by atoms with E-state index in [1.165, 1.54) is 4.90 Å². The SMILES string of the molecule is CC(C)NC(=O)CN(C)C(=O)CN(C)C[C@H](C)S. The van der Waals surface area contributed by atoms with E-state index in [4.69, 9.17) is 0 Å². The molecule has 0 aliphatic carbocycles. The van der Waals surface area contributed by atoms with Crippen LogP contribution in [0.2, 0.25) is 0 Å². The topological polar surface area (TPSA) is 52.7 Å². The summed E-state index contributed by atoms with van der Waals surface area (Å²) in [6.07, 6.45) is 0. The summed E-state index contributed by atoms with van der Waals surface area (Å²) in [4.78, 5) is 26.7. The van der Waals surface area contributed by atoms with Gasteiger partial charge in [-0.15, -0.1) is 0 Å². The number of hydrogen-bond acceptors (Lipinski definition) is 4. The lowest BCUT2D eigenvalue weighted by atomic mass is 10.3. The van der Waals surface area contributed by atoms with Crippen LogP contribution >= 0.6 is 12.6 Å². The van der Waals surface area contributed by atoms with Gasteiger partial charge in [0.2, 0.25) is 11.8 Å². The lowest BCUT2D eigenvalue weighted by Crippen LogP contribution is -2.44. The first-order chi connectivity index (χ1) is 8.22. The summed E-state index contributed by atoms with van der Waals surface area (Å²) >= 11 is 4.27. The van der Waals surface area contributed by atoms with E-state index < -0.39 is 0 Å². The Labute approximate surface area is 115 Å². The van der Waals surface area contributed by atoms with E-state index in [0.29, 0.717) is 6.54 Å². The van der Waals surface area contributed by atoms with Crippen molar-refractivity contribution in [3.63, 3.8) is 0 Å². The fourth-order valence-electron chi connectivity index (χ4n) is 1.54. The van der Waals surface area contributed by atoms with Gasteiger partial charge in [-0.2, -0.15) is 12.6 Å². The van der Waals surface area contributed by atoms with Gasteiger partial charge >= 0.3 is 0 Å². The first kappa shape index (κ1) is 17.2. The number of likely N-dealkylation sites (N-methyl/N-ethyl adjacent to an activating group) is 2. The fourth-order valence-corrected chi connectivity index (χ4v) is 1.82. The lowest BCUT2D eigenvalue weighted by Gasteiger charge is -2.22. The van der Waals surface area contributed by atoms with E-state index in [0.717, 1.165) is 6.54 Å². The first-order valence-electron chi connectivity index (χ1n) is 6.12. The molecule has 0 aliphatic heterocycles. The van der Waals surface area contributed by atoms with Crippen molar-refractivity contribution < 1.29 is 9.59 Å². The van der Waals surface area contributed by atoms with Gasteiger partial charge in [0, 0.05) is 24.9 Å². The van der Waals surface area contributed by atoms with Gasteiger partial charge in [0.1, 0.15) is 0 Å². The van der Waals surface area contributed by atoms with Crippen LogP contribution in [0.4, 0.5) is 0 Å². The van der Waals surface area contributed by atoms with Crippen LogP contribution in [-0.2, 0) is 9.59 Å². The largest absolute Gasteiger partial charge is 0.352 e. The van der Waals surface area contributed by atoms with Crippen molar-refractivity contribution in [2.45, 2.75) is 32.1 Å². The third-order valence-electron chi connectivity index (χ3n) is 2.24. The monoisotopic (exact) mass is 275 g/mol. The predicted octanol–water partition coefficient (Wildman–Crippen LogP) is 0.220. The van der Waals surface area contributed by atoms with Gasteiger partial charge in [-0.3, -0.25) is 14.5 Å². The molecule has 1 N–H and O–H groups in total. The molecule has 2 amide bonds. The smallest absolute Gasteiger partial charge is 0.239 e. The number of hydrogen-bond donors (Lipinski definition) is 2. The molecule has 6 heteroatoms. The number of thiol groups is 1. The molecule has 0 aliphatic rings. The zero-order valence-electron chi connectivity index (χ0n) is 11.9. The maximum Gasteiger partial charge on any atom is 0.239 e. The van der Waals surface area contributed by atoms with Crippen molar-refractivity contribution in [2.24, 2.45) is 0 Å². The van der Waals surface area contributed by atoms with Crippen LogP contribution in [-0.4, -0.2) is 66.6 Å². The van der Waals surface area contributed by atoms with Crippen molar-refractivity contribution in [2.75, 3.05) is 33.7 Å². The highest BCUT2D eigenvalue weighted by molar-refractivity contribution is 7.80. The number of nitrogens with one attached hydrogen (secondary N) is 1. The Morgan fingerprint density at radius 2 is 1.72 bits per heavy atom. The molecule has 5 nitrogen and oxygen atoms in total. The molecule has 0 radical (unpaired) electrons. The minimum atomic E-state index is -0.133. The van der Waals surface area contributed by atoms with E-state index in [1.807, 2.05) is 32.7 Å². The highest BCUT2D eigenvalue weighted by Gasteiger charge is 2.15. The van der Waals surface area contributed by atoms with Gasteiger partial charge in [-0.1, -0.05) is 6.92 Å². The summed E-state index contributed by atoms with van der Waals surface area (Å²) in [5.41, 5.74) is 0. The number of rotatable bonds is 7. The molecule has 1 atom stereocenters. The Bertz CT molecular complexity index is 282. The van der Waals surface area contributed by atoms with E-state index in [2.05, 4.69) is 17.9 Å². The molecule has 0 bridgehead atoms. The average molecular weight is 275 g/mol. The number of carbonyl (C=O) groups excluding carboxylic acids is 2. The highest BCUT2D eigenvalue weighted by atomic mass is 32.1. The summed E-state index contributed by atoms with van der Waals surface area (Å²) in [5, 5.41) is 2.98. The molecule has 106 valence electrons. The second kappa shape index (κ2) is 8.37. The van der Waals surface area contributed by atoms with Gasteiger partial charge in [0.15, 0.2) is 0 Å².